The highest BCUT2D eigenvalue weighted by Crippen LogP contribution is 2.35. The van der Waals surface area contributed by atoms with Crippen molar-refractivity contribution in [2.45, 2.75) is 58.5 Å². The van der Waals surface area contributed by atoms with Gasteiger partial charge < -0.3 is 10.1 Å². The van der Waals surface area contributed by atoms with Gasteiger partial charge in [0.1, 0.15) is 11.3 Å². The van der Waals surface area contributed by atoms with Crippen molar-refractivity contribution in [2.75, 3.05) is 7.11 Å². The van der Waals surface area contributed by atoms with E-state index in [2.05, 4.69) is 38.2 Å². The minimum absolute atomic E-state index is 0.0585. The van der Waals surface area contributed by atoms with Crippen LogP contribution in [-0.4, -0.2) is 23.9 Å². The zero-order chi connectivity index (χ0) is 21.4. The van der Waals surface area contributed by atoms with E-state index in [1.54, 1.807) is 7.11 Å². The van der Waals surface area contributed by atoms with Crippen LogP contribution in [0.3, 0.4) is 0 Å². The number of rotatable bonds is 5. The van der Waals surface area contributed by atoms with E-state index in [-0.39, 0.29) is 23.9 Å². The lowest BCUT2D eigenvalue weighted by Gasteiger charge is -2.26. The van der Waals surface area contributed by atoms with E-state index in [0.29, 0.717) is 6.42 Å². The standard InChI is InChI=1S/C24H30N2O3/c1-7-24(19-12-13-20(29-6)16(2)14-19)21(27)26(22(28)25-24)15-17-8-10-18(11-9-17)23(3,4)5/h8-14H,7,15H2,1-6H3,(H,25,28). The Balaban J connectivity index is 1.89. The molecule has 1 heterocycles. The minimum atomic E-state index is -1.04. The van der Waals surface area contributed by atoms with Crippen LogP contribution in [0.15, 0.2) is 42.5 Å². The molecular weight excluding hydrogens is 364 g/mol. The maximum Gasteiger partial charge on any atom is 0.325 e. The Kier molecular flexibility index (Phi) is 5.44. The fourth-order valence-corrected chi connectivity index (χ4v) is 3.85. The SMILES string of the molecule is CCC1(c2ccc(OC)c(C)c2)NC(=O)N(Cc2ccc(C(C)(C)C)cc2)C1=O. The van der Waals surface area contributed by atoms with Crippen LogP contribution in [0, 0.1) is 6.92 Å². The number of imide groups is 1. The maximum absolute atomic E-state index is 13.4. The van der Waals surface area contributed by atoms with Crippen LogP contribution in [0.2, 0.25) is 0 Å². The number of nitrogens with zero attached hydrogens (tertiary/aromatic N) is 1. The summed E-state index contributed by atoms with van der Waals surface area (Å²) in [5.74, 6) is 0.544. The predicted molar refractivity (Wildman–Crippen MR) is 114 cm³/mol. The van der Waals surface area contributed by atoms with E-state index in [9.17, 15) is 9.59 Å². The number of methoxy groups -OCH3 is 1. The summed E-state index contributed by atoms with van der Waals surface area (Å²) in [5, 5.41) is 2.95. The lowest BCUT2D eigenvalue weighted by molar-refractivity contribution is -0.132. The Bertz CT molecular complexity index is 928. The van der Waals surface area contributed by atoms with E-state index >= 15 is 0 Å². The van der Waals surface area contributed by atoms with Crippen molar-refractivity contribution in [3.05, 3.63) is 64.7 Å². The molecule has 1 aliphatic rings. The number of hydrogen-bond donors (Lipinski definition) is 1. The molecule has 2 aromatic rings. The molecule has 1 fully saturated rings. The largest absolute Gasteiger partial charge is 0.496 e. The molecule has 0 aliphatic carbocycles. The molecule has 29 heavy (non-hydrogen) atoms. The quantitative estimate of drug-likeness (QED) is 0.751. The van der Waals surface area contributed by atoms with Crippen LogP contribution < -0.4 is 10.1 Å². The molecule has 0 spiro atoms. The van der Waals surface area contributed by atoms with Gasteiger partial charge in [-0.1, -0.05) is 58.0 Å². The third-order valence-electron chi connectivity index (χ3n) is 5.75. The number of carbonyl (C=O) groups excluding carboxylic acids is 2. The summed E-state index contributed by atoms with van der Waals surface area (Å²) in [6.45, 7) is 10.6. The van der Waals surface area contributed by atoms with Crippen LogP contribution in [0.4, 0.5) is 4.79 Å². The van der Waals surface area contributed by atoms with Gasteiger partial charge in [-0.05, 0) is 53.1 Å². The predicted octanol–water partition coefficient (Wildman–Crippen LogP) is 4.66. The van der Waals surface area contributed by atoms with Gasteiger partial charge in [-0.2, -0.15) is 0 Å². The maximum atomic E-state index is 13.4. The number of ether oxygens (including phenoxy) is 1. The highest BCUT2D eigenvalue weighted by atomic mass is 16.5. The summed E-state index contributed by atoms with van der Waals surface area (Å²) >= 11 is 0. The molecule has 1 unspecified atom stereocenters. The average molecular weight is 395 g/mol. The van der Waals surface area contributed by atoms with Crippen molar-refractivity contribution in [2.24, 2.45) is 0 Å². The first-order chi connectivity index (χ1) is 13.6. The van der Waals surface area contributed by atoms with E-state index in [1.165, 1.54) is 10.5 Å². The Hall–Kier alpha value is -2.82. The van der Waals surface area contributed by atoms with Gasteiger partial charge in [-0.3, -0.25) is 9.69 Å². The second-order valence-corrected chi connectivity index (χ2v) is 8.71. The van der Waals surface area contributed by atoms with Gasteiger partial charge in [0.2, 0.25) is 0 Å². The van der Waals surface area contributed by atoms with Gasteiger partial charge in [0.15, 0.2) is 0 Å². The molecule has 3 rings (SSSR count). The number of urea groups is 1. The number of carbonyl (C=O) groups is 2. The fourth-order valence-electron chi connectivity index (χ4n) is 3.85. The molecule has 1 aliphatic heterocycles. The van der Waals surface area contributed by atoms with Gasteiger partial charge in [0.05, 0.1) is 13.7 Å². The Labute approximate surface area is 173 Å². The topological polar surface area (TPSA) is 58.6 Å². The summed E-state index contributed by atoms with van der Waals surface area (Å²) in [6.07, 6.45) is 0.475. The summed E-state index contributed by atoms with van der Waals surface area (Å²) in [5.41, 5.74) is 2.87. The number of aryl methyl sites for hydroxylation is 1. The summed E-state index contributed by atoms with van der Waals surface area (Å²) in [4.78, 5) is 27.4. The van der Waals surface area contributed by atoms with Crippen molar-refractivity contribution in [1.29, 1.82) is 0 Å². The van der Waals surface area contributed by atoms with Crippen LogP contribution in [0.25, 0.3) is 0 Å². The molecule has 0 bridgehead atoms. The normalized spacial score (nSPS) is 19.4. The third-order valence-corrected chi connectivity index (χ3v) is 5.75. The summed E-state index contributed by atoms with van der Waals surface area (Å²) in [7, 11) is 1.62. The lowest BCUT2D eigenvalue weighted by Crippen LogP contribution is -2.43. The summed E-state index contributed by atoms with van der Waals surface area (Å²) in [6, 6.07) is 13.4. The van der Waals surface area contributed by atoms with E-state index < -0.39 is 5.54 Å². The number of nitrogens with one attached hydrogen (secondary N) is 1. The second kappa shape index (κ2) is 7.54. The molecule has 1 atom stereocenters. The van der Waals surface area contributed by atoms with E-state index in [0.717, 1.165) is 22.4 Å². The van der Waals surface area contributed by atoms with E-state index in [1.807, 2.05) is 44.2 Å². The van der Waals surface area contributed by atoms with Crippen molar-refractivity contribution in [3.8, 4) is 5.75 Å². The molecule has 5 nitrogen and oxygen atoms in total. The second-order valence-electron chi connectivity index (χ2n) is 8.71. The zero-order valence-corrected chi connectivity index (χ0v) is 18.1. The first-order valence-electron chi connectivity index (χ1n) is 10.0. The molecule has 5 heteroatoms. The molecule has 154 valence electrons. The van der Waals surface area contributed by atoms with Gasteiger partial charge in [0, 0.05) is 0 Å². The van der Waals surface area contributed by atoms with Gasteiger partial charge in [-0.25, -0.2) is 4.79 Å². The molecule has 0 aromatic heterocycles. The molecule has 3 amide bonds. The zero-order valence-electron chi connectivity index (χ0n) is 18.1. The lowest BCUT2D eigenvalue weighted by atomic mass is 9.86. The Morgan fingerprint density at radius 3 is 2.24 bits per heavy atom. The first kappa shape index (κ1) is 20.9. The molecule has 2 aromatic carbocycles. The fraction of sp³-hybridized carbons (Fsp3) is 0.417. The Morgan fingerprint density at radius 2 is 1.72 bits per heavy atom. The van der Waals surface area contributed by atoms with Gasteiger partial charge in [-0.15, -0.1) is 0 Å². The summed E-state index contributed by atoms with van der Waals surface area (Å²) < 4.78 is 5.33. The minimum Gasteiger partial charge on any atom is -0.496 e. The van der Waals surface area contributed by atoms with Crippen molar-refractivity contribution in [1.82, 2.24) is 10.2 Å². The first-order valence-corrected chi connectivity index (χ1v) is 10.0. The van der Waals surface area contributed by atoms with Gasteiger partial charge in [0.25, 0.3) is 5.91 Å². The highest BCUT2D eigenvalue weighted by Gasteiger charge is 2.51. The van der Waals surface area contributed by atoms with Gasteiger partial charge >= 0.3 is 6.03 Å². The smallest absolute Gasteiger partial charge is 0.325 e. The Morgan fingerprint density at radius 1 is 1.07 bits per heavy atom. The molecule has 1 saturated heterocycles. The van der Waals surface area contributed by atoms with E-state index in [4.69, 9.17) is 4.74 Å². The monoisotopic (exact) mass is 394 g/mol. The highest BCUT2D eigenvalue weighted by molar-refractivity contribution is 6.07. The average Bonchev–Trinajstić information content (AvgIpc) is 2.92. The van der Waals surface area contributed by atoms with Crippen LogP contribution in [0.5, 0.6) is 5.75 Å². The number of benzene rings is 2. The molecule has 1 N–H and O–H groups in total. The molecule has 0 saturated carbocycles. The van der Waals surface area contributed by atoms with Crippen LogP contribution in [-0.2, 0) is 22.3 Å². The molecular formula is C24H30N2O3. The van der Waals surface area contributed by atoms with Crippen LogP contribution >= 0.6 is 0 Å². The van der Waals surface area contributed by atoms with Crippen molar-refractivity contribution in [3.63, 3.8) is 0 Å². The van der Waals surface area contributed by atoms with Crippen molar-refractivity contribution >= 4 is 11.9 Å². The van der Waals surface area contributed by atoms with Crippen LogP contribution in [0.1, 0.15) is 56.4 Å². The number of hydrogen-bond acceptors (Lipinski definition) is 3. The number of amides is 3. The molecule has 0 radical (unpaired) electrons. The third kappa shape index (κ3) is 3.74. The van der Waals surface area contributed by atoms with Crippen molar-refractivity contribution < 1.29 is 14.3 Å².